The van der Waals surface area contributed by atoms with E-state index in [-0.39, 0.29) is 0 Å². The molecule has 0 aliphatic carbocycles. The van der Waals surface area contributed by atoms with Crippen molar-refractivity contribution in [1.82, 2.24) is 4.57 Å². The van der Waals surface area contributed by atoms with Gasteiger partial charge < -0.3 is 0 Å². The summed E-state index contributed by atoms with van der Waals surface area (Å²) in [5.74, 6) is 1.30. The predicted molar refractivity (Wildman–Crippen MR) is 90.7 cm³/mol. The molecule has 1 aromatic heterocycles. The summed E-state index contributed by atoms with van der Waals surface area (Å²) >= 11 is 0. The van der Waals surface area contributed by atoms with Gasteiger partial charge in [-0.15, -0.1) is 0 Å². The summed E-state index contributed by atoms with van der Waals surface area (Å²) in [6.07, 6.45) is 2.49. The van der Waals surface area contributed by atoms with Gasteiger partial charge in [-0.05, 0) is 43.5 Å². The number of anilines is 1. The quantitative estimate of drug-likeness (QED) is 0.626. The minimum Gasteiger partial charge on any atom is -0.266 e. The number of para-hydroxylation sites is 3. The number of imidazole rings is 1. The van der Waals surface area contributed by atoms with Gasteiger partial charge in [-0.2, -0.15) is 4.57 Å². The molecule has 4 rings (SSSR count). The van der Waals surface area contributed by atoms with E-state index >= 15 is 0 Å². The van der Waals surface area contributed by atoms with E-state index in [4.69, 9.17) is 0 Å². The maximum atomic E-state index is 2.48. The average molecular weight is 292 g/mol. The Morgan fingerprint density at radius 1 is 0.955 bits per heavy atom. The summed E-state index contributed by atoms with van der Waals surface area (Å²) < 4.78 is 4.91. The standard InChI is InChI=1S/C19H22N3/c1-15-9-3-4-10-16(15)22-18-12-6-5-11-17(18)21-14-8-7-13-20(2)19(21)22/h3-6,9-12H,7-8,13-14H2,1-2H3/q+1. The fraction of sp³-hybridized carbons (Fsp3) is 0.316. The molecule has 0 amide bonds. The third kappa shape index (κ3) is 1.92. The van der Waals surface area contributed by atoms with Crippen molar-refractivity contribution in [2.75, 3.05) is 18.5 Å². The summed E-state index contributed by atoms with van der Waals surface area (Å²) in [7, 11) is 2.21. The van der Waals surface area contributed by atoms with Crippen LogP contribution in [-0.2, 0) is 6.54 Å². The smallest absolute Gasteiger partial charge is 0.266 e. The van der Waals surface area contributed by atoms with Gasteiger partial charge in [0.2, 0.25) is 0 Å². The van der Waals surface area contributed by atoms with Gasteiger partial charge in [-0.25, -0.2) is 4.57 Å². The molecule has 0 unspecified atom stereocenters. The first-order chi connectivity index (χ1) is 10.8. The summed E-state index contributed by atoms with van der Waals surface area (Å²) in [4.78, 5) is 2.40. The van der Waals surface area contributed by atoms with Crippen LogP contribution in [0.25, 0.3) is 16.7 Å². The molecular formula is C19H22N3+. The highest BCUT2D eigenvalue weighted by Crippen LogP contribution is 2.28. The first kappa shape index (κ1) is 13.4. The molecule has 2 heterocycles. The van der Waals surface area contributed by atoms with E-state index in [1.165, 1.54) is 41.1 Å². The van der Waals surface area contributed by atoms with Crippen molar-refractivity contribution in [3.8, 4) is 5.69 Å². The Bertz CT molecular complexity index is 832. The molecule has 0 spiro atoms. The fourth-order valence-corrected chi connectivity index (χ4v) is 3.59. The van der Waals surface area contributed by atoms with E-state index in [1.54, 1.807) is 0 Å². The largest absolute Gasteiger partial charge is 0.365 e. The maximum Gasteiger partial charge on any atom is 0.365 e. The van der Waals surface area contributed by atoms with Crippen molar-refractivity contribution >= 4 is 17.0 Å². The molecule has 1 aliphatic heterocycles. The van der Waals surface area contributed by atoms with Gasteiger partial charge >= 0.3 is 5.95 Å². The van der Waals surface area contributed by atoms with E-state index in [2.05, 4.69) is 76.5 Å². The number of hydrogen-bond acceptors (Lipinski definition) is 1. The van der Waals surface area contributed by atoms with Crippen molar-refractivity contribution in [2.45, 2.75) is 26.3 Å². The van der Waals surface area contributed by atoms with Gasteiger partial charge in [-0.1, -0.05) is 30.3 Å². The Balaban J connectivity index is 2.11. The number of aryl methyl sites for hydroxylation is 2. The van der Waals surface area contributed by atoms with E-state index in [0.717, 1.165) is 13.1 Å². The molecule has 0 radical (unpaired) electrons. The van der Waals surface area contributed by atoms with Gasteiger partial charge in [0.05, 0.1) is 20.1 Å². The number of nitrogens with zero attached hydrogens (tertiary/aromatic N) is 3. The average Bonchev–Trinajstić information content (AvgIpc) is 2.74. The van der Waals surface area contributed by atoms with Crippen LogP contribution in [0, 0.1) is 6.92 Å². The van der Waals surface area contributed by atoms with Crippen LogP contribution in [0.2, 0.25) is 0 Å². The molecule has 0 fully saturated rings. The van der Waals surface area contributed by atoms with Crippen LogP contribution in [0.3, 0.4) is 0 Å². The van der Waals surface area contributed by atoms with E-state index in [0.29, 0.717) is 0 Å². The zero-order chi connectivity index (χ0) is 15.1. The molecule has 0 saturated heterocycles. The topological polar surface area (TPSA) is 12.0 Å². The monoisotopic (exact) mass is 292 g/mol. The highest BCUT2D eigenvalue weighted by atomic mass is 15.4. The first-order valence-corrected chi connectivity index (χ1v) is 8.08. The molecule has 22 heavy (non-hydrogen) atoms. The van der Waals surface area contributed by atoms with Crippen molar-refractivity contribution in [2.24, 2.45) is 0 Å². The fourth-order valence-electron chi connectivity index (χ4n) is 3.59. The molecule has 0 bridgehead atoms. The van der Waals surface area contributed by atoms with Crippen molar-refractivity contribution in [1.29, 1.82) is 0 Å². The van der Waals surface area contributed by atoms with Crippen LogP contribution in [0.1, 0.15) is 18.4 Å². The van der Waals surface area contributed by atoms with Crippen LogP contribution in [-0.4, -0.2) is 18.2 Å². The second-order valence-electron chi connectivity index (χ2n) is 6.19. The number of fused-ring (bicyclic) bond motifs is 3. The number of hydrogen-bond donors (Lipinski definition) is 0. The summed E-state index contributed by atoms with van der Waals surface area (Å²) in [6.45, 7) is 4.40. The SMILES string of the molecule is Cc1ccccc1-n1c2[n+](c3ccccc31)CCCCN2C. The number of benzene rings is 2. The Kier molecular flexibility index (Phi) is 3.14. The summed E-state index contributed by atoms with van der Waals surface area (Å²) in [6, 6.07) is 17.4. The van der Waals surface area contributed by atoms with Crippen LogP contribution in [0.4, 0.5) is 5.95 Å². The maximum absolute atomic E-state index is 2.48. The molecule has 3 heteroatoms. The number of rotatable bonds is 1. The van der Waals surface area contributed by atoms with Crippen LogP contribution < -0.4 is 9.47 Å². The molecule has 0 saturated carbocycles. The Morgan fingerprint density at radius 2 is 1.73 bits per heavy atom. The zero-order valence-electron chi connectivity index (χ0n) is 13.3. The van der Waals surface area contributed by atoms with Gasteiger partial charge in [0.15, 0.2) is 0 Å². The van der Waals surface area contributed by atoms with E-state index in [9.17, 15) is 0 Å². The minimum absolute atomic E-state index is 1.10. The Labute approximate surface area is 131 Å². The lowest BCUT2D eigenvalue weighted by Gasteiger charge is -2.13. The lowest BCUT2D eigenvalue weighted by Crippen LogP contribution is -2.38. The van der Waals surface area contributed by atoms with Crippen LogP contribution >= 0.6 is 0 Å². The molecule has 1 aliphatic rings. The molecule has 2 aromatic carbocycles. The minimum atomic E-state index is 1.10. The second-order valence-corrected chi connectivity index (χ2v) is 6.19. The lowest BCUT2D eigenvalue weighted by atomic mass is 10.2. The molecular weight excluding hydrogens is 270 g/mol. The predicted octanol–water partition coefficient (Wildman–Crippen LogP) is 3.46. The highest BCUT2D eigenvalue weighted by molar-refractivity contribution is 5.77. The Morgan fingerprint density at radius 3 is 2.59 bits per heavy atom. The Hall–Kier alpha value is -2.29. The van der Waals surface area contributed by atoms with Gasteiger partial charge in [0.1, 0.15) is 16.7 Å². The summed E-state index contributed by atoms with van der Waals surface area (Å²) in [5, 5.41) is 0. The molecule has 112 valence electrons. The molecule has 3 aromatic rings. The third-order valence-electron chi connectivity index (χ3n) is 4.68. The summed E-state index contributed by atoms with van der Waals surface area (Å²) in [5.41, 5.74) is 5.21. The van der Waals surface area contributed by atoms with Crippen LogP contribution in [0.15, 0.2) is 48.5 Å². The number of aromatic nitrogens is 2. The molecule has 0 atom stereocenters. The van der Waals surface area contributed by atoms with Crippen LogP contribution in [0.5, 0.6) is 0 Å². The van der Waals surface area contributed by atoms with Crippen molar-refractivity contribution in [3.63, 3.8) is 0 Å². The second kappa shape index (κ2) is 5.16. The first-order valence-electron chi connectivity index (χ1n) is 8.08. The van der Waals surface area contributed by atoms with Crippen molar-refractivity contribution in [3.05, 3.63) is 54.1 Å². The zero-order valence-corrected chi connectivity index (χ0v) is 13.3. The third-order valence-corrected chi connectivity index (χ3v) is 4.68. The van der Waals surface area contributed by atoms with Gasteiger partial charge in [0, 0.05) is 0 Å². The van der Waals surface area contributed by atoms with Gasteiger partial charge in [-0.3, -0.25) is 4.90 Å². The van der Waals surface area contributed by atoms with Crippen molar-refractivity contribution < 1.29 is 4.57 Å². The van der Waals surface area contributed by atoms with E-state index in [1.807, 2.05) is 0 Å². The molecule has 3 nitrogen and oxygen atoms in total. The normalized spacial score (nSPS) is 14.9. The van der Waals surface area contributed by atoms with E-state index < -0.39 is 0 Å². The highest BCUT2D eigenvalue weighted by Gasteiger charge is 2.30. The lowest BCUT2D eigenvalue weighted by molar-refractivity contribution is -0.658. The van der Waals surface area contributed by atoms with Gasteiger partial charge in [0.25, 0.3) is 0 Å². The molecule has 0 N–H and O–H groups in total.